The number of alkyl halides is 3. The van der Waals surface area contributed by atoms with Gasteiger partial charge in [0.2, 0.25) is 5.91 Å². The maximum atomic E-state index is 12.7. The number of amides is 1. The maximum absolute atomic E-state index is 12.7. The third-order valence-corrected chi connectivity index (χ3v) is 5.56. The van der Waals surface area contributed by atoms with Gasteiger partial charge in [0.15, 0.2) is 0 Å². The van der Waals surface area contributed by atoms with Crippen LogP contribution in [0.1, 0.15) is 48.8 Å². The summed E-state index contributed by atoms with van der Waals surface area (Å²) >= 11 is 0. The summed E-state index contributed by atoms with van der Waals surface area (Å²) in [6.07, 6.45) is 1.91. The van der Waals surface area contributed by atoms with E-state index in [4.69, 9.17) is 0 Å². The number of carbonyl (C=O) groups is 1. The molecule has 1 fully saturated rings. The fourth-order valence-electron chi connectivity index (χ4n) is 3.89. The molecule has 0 aliphatic heterocycles. The van der Waals surface area contributed by atoms with Gasteiger partial charge < -0.3 is 5.32 Å². The lowest BCUT2D eigenvalue weighted by Gasteiger charge is -2.31. The molecule has 6 heteroatoms. The van der Waals surface area contributed by atoms with Crippen LogP contribution >= 0.6 is 0 Å². The normalized spacial score (nSPS) is 15.5. The molecule has 1 amide bonds. The Morgan fingerprint density at radius 3 is 2.34 bits per heavy atom. The molecule has 0 spiro atoms. The summed E-state index contributed by atoms with van der Waals surface area (Å²) in [7, 11) is 2.12. The van der Waals surface area contributed by atoms with E-state index in [1.54, 1.807) is 0 Å². The van der Waals surface area contributed by atoms with E-state index in [0.29, 0.717) is 11.6 Å². The van der Waals surface area contributed by atoms with Gasteiger partial charge in [-0.25, -0.2) is 0 Å². The third-order valence-electron chi connectivity index (χ3n) is 5.56. The van der Waals surface area contributed by atoms with Crippen molar-refractivity contribution in [3.05, 3.63) is 65.2 Å². The number of carbonyl (C=O) groups excluding carboxylic acids is 1. The van der Waals surface area contributed by atoms with Crippen LogP contribution in [0.5, 0.6) is 0 Å². The predicted octanol–water partition coefficient (Wildman–Crippen LogP) is 5.65. The van der Waals surface area contributed by atoms with E-state index in [-0.39, 0.29) is 12.3 Å². The summed E-state index contributed by atoms with van der Waals surface area (Å²) in [5.41, 5.74) is 1.64. The second-order valence-corrected chi connectivity index (χ2v) is 7.78. The Labute approximate surface area is 169 Å². The van der Waals surface area contributed by atoms with Crippen LogP contribution in [-0.2, 0) is 23.9 Å². The van der Waals surface area contributed by atoms with Crippen LogP contribution < -0.4 is 5.32 Å². The van der Waals surface area contributed by atoms with Gasteiger partial charge in [-0.2, -0.15) is 13.2 Å². The quantitative estimate of drug-likeness (QED) is 0.675. The van der Waals surface area contributed by atoms with Gasteiger partial charge in [-0.05, 0) is 49.2 Å². The number of hydrogen-bond donors (Lipinski definition) is 1. The van der Waals surface area contributed by atoms with Crippen LogP contribution in [0.25, 0.3) is 0 Å². The highest BCUT2D eigenvalue weighted by molar-refractivity contribution is 5.93. The minimum Gasteiger partial charge on any atom is -0.325 e. The van der Waals surface area contributed by atoms with E-state index < -0.39 is 11.7 Å². The van der Waals surface area contributed by atoms with E-state index >= 15 is 0 Å². The molecule has 2 aromatic carbocycles. The van der Waals surface area contributed by atoms with Crippen LogP contribution in [0.15, 0.2) is 48.5 Å². The van der Waals surface area contributed by atoms with Crippen molar-refractivity contribution in [1.82, 2.24) is 4.90 Å². The number of nitrogens with zero attached hydrogens (tertiary/aromatic N) is 1. The van der Waals surface area contributed by atoms with Gasteiger partial charge in [0, 0.05) is 18.3 Å². The average Bonchev–Trinajstić information content (AvgIpc) is 2.70. The first kappa shape index (κ1) is 21.4. The van der Waals surface area contributed by atoms with Gasteiger partial charge in [0.25, 0.3) is 0 Å². The second kappa shape index (κ2) is 9.44. The zero-order valence-corrected chi connectivity index (χ0v) is 16.6. The Bertz CT molecular complexity index is 812. The number of rotatable bonds is 6. The van der Waals surface area contributed by atoms with Gasteiger partial charge >= 0.3 is 6.18 Å². The molecule has 0 bridgehead atoms. The van der Waals surface area contributed by atoms with Crippen molar-refractivity contribution >= 4 is 11.6 Å². The predicted molar refractivity (Wildman–Crippen MR) is 109 cm³/mol. The first-order chi connectivity index (χ1) is 13.8. The molecule has 0 radical (unpaired) electrons. The van der Waals surface area contributed by atoms with E-state index in [0.717, 1.165) is 29.9 Å². The summed E-state index contributed by atoms with van der Waals surface area (Å²) in [4.78, 5) is 14.8. The summed E-state index contributed by atoms with van der Waals surface area (Å²) in [5, 5.41) is 2.92. The summed E-state index contributed by atoms with van der Waals surface area (Å²) in [6.45, 7) is 0.751. The van der Waals surface area contributed by atoms with Gasteiger partial charge in [0.1, 0.15) is 0 Å². The molecule has 3 rings (SSSR count). The lowest BCUT2D eigenvalue weighted by Crippen LogP contribution is -2.33. The molecule has 3 nitrogen and oxygen atoms in total. The Morgan fingerprint density at radius 2 is 1.69 bits per heavy atom. The van der Waals surface area contributed by atoms with E-state index in [1.807, 2.05) is 24.3 Å². The van der Waals surface area contributed by atoms with Crippen LogP contribution in [0.3, 0.4) is 0 Å². The van der Waals surface area contributed by atoms with E-state index in [2.05, 4.69) is 17.3 Å². The molecule has 0 heterocycles. The summed E-state index contributed by atoms with van der Waals surface area (Å²) in [5.74, 6) is -0.238. The molecular formula is C23H27F3N2O. The first-order valence-electron chi connectivity index (χ1n) is 10.1. The fourth-order valence-corrected chi connectivity index (χ4v) is 3.89. The largest absolute Gasteiger partial charge is 0.416 e. The first-order valence-corrected chi connectivity index (χ1v) is 10.1. The Morgan fingerprint density at radius 1 is 1.03 bits per heavy atom. The van der Waals surface area contributed by atoms with Crippen molar-refractivity contribution in [2.75, 3.05) is 12.4 Å². The molecule has 0 aromatic heterocycles. The van der Waals surface area contributed by atoms with Crippen molar-refractivity contribution in [3.8, 4) is 0 Å². The number of anilines is 1. The molecular weight excluding hydrogens is 377 g/mol. The molecule has 0 atom stereocenters. The Balaban J connectivity index is 1.61. The lowest BCUT2D eigenvalue weighted by atomic mass is 9.94. The van der Waals surface area contributed by atoms with E-state index in [1.165, 1.54) is 44.2 Å². The molecule has 29 heavy (non-hydrogen) atoms. The highest BCUT2D eigenvalue weighted by Crippen LogP contribution is 2.29. The van der Waals surface area contributed by atoms with Crippen molar-refractivity contribution in [3.63, 3.8) is 0 Å². The van der Waals surface area contributed by atoms with Gasteiger partial charge in [0.05, 0.1) is 12.0 Å². The number of benzene rings is 2. The SMILES string of the molecule is CN(Cc1ccccc1NC(=O)Cc1ccc(C(F)(F)F)cc1)C1CCCCC1. The topological polar surface area (TPSA) is 32.3 Å². The minimum absolute atomic E-state index is 0.0327. The monoisotopic (exact) mass is 404 g/mol. The van der Waals surface area contributed by atoms with E-state index in [9.17, 15) is 18.0 Å². The molecule has 156 valence electrons. The van der Waals surface area contributed by atoms with Gasteiger partial charge in [-0.3, -0.25) is 9.69 Å². The van der Waals surface area contributed by atoms with Crippen molar-refractivity contribution in [1.29, 1.82) is 0 Å². The minimum atomic E-state index is -4.37. The standard InChI is InChI=1S/C23H27F3N2O/c1-28(20-8-3-2-4-9-20)16-18-7-5-6-10-21(18)27-22(29)15-17-11-13-19(14-12-17)23(24,25)26/h5-7,10-14,20H,2-4,8-9,15-16H2,1H3,(H,27,29). The molecule has 0 unspecified atom stereocenters. The third kappa shape index (κ3) is 6.07. The molecule has 1 saturated carbocycles. The number of hydrogen-bond acceptors (Lipinski definition) is 2. The number of nitrogens with one attached hydrogen (secondary N) is 1. The second-order valence-electron chi connectivity index (χ2n) is 7.78. The molecule has 2 aromatic rings. The van der Waals surface area contributed by atoms with Gasteiger partial charge in [-0.15, -0.1) is 0 Å². The summed E-state index contributed by atoms with van der Waals surface area (Å²) < 4.78 is 38.0. The highest BCUT2D eigenvalue weighted by Gasteiger charge is 2.30. The smallest absolute Gasteiger partial charge is 0.325 e. The molecule has 0 saturated heterocycles. The molecule has 1 aliphatic rings. The Kier molecular flexibility index (Phi) is 6.96. The van der Waals surface area contributed by atoms with Crippen molar-refractivity contribution in [2.45, 2.75) is 57.3 Å². The highest BCUT2D eigenvalue weighted by atomic mass is 19.4. The average molecular weight is 404 g/mol. The zero-order chi connectivity index (χ0) is 20.9. The van der Waals surface area contributed by atoms with Crippen LogP contribution in [0.2, 0.25) is 0 Å². The van der Waals surface area contributed by atoms with Crippen LogP contribution in [0, 0.1) is 0 Å². The fraction of sp³-hybridized carbons (Fsp3) is 0.435. The van der Waals surface area contributed by atoms with Crippen molar-refractivity contribution < 1.29 is 18.0 Å². The maximum Gasteiger partial charge on any atom is 0.416 e. The van der Waals surface area contributed by atoms with Crippen molar-refractivity contribution in [2.24, 2.45) is 0 Å². The lowest BCUT2D eigenvalue weighted by molar-refractivity contribution is -0.137. The summed E-state index contributed by atoms with van der Waals surface area (Å²) in [6, 6.07) is 13.0. The molecule has 1 N–H and O–H groups in total. The zero-order valence-electron chi connectivity index (χ0n) is 16.6. The Hall–Kier alpha value is -2.34. The molecule has 1 aliphatic carbocycles. The van der Waals surface area contributed by atoms with Gasteiger partial charge in [-0.1, -0.05) is 49.6 Å². The van der Waals surface area contributed by atoms with Crippen LogP contribution in [-0.4, -0.2) is 23.9 Å². The number of halogens is 3. The van der Waals surface area contributed by atoms with Crippen LogP contribution in [0.4, 0.5) is 18.9 Å². The number of para-hydroxylation sites is 1.